The van der Waals surface area contributed by atoms with Crippen LogP contribution in [0, 0.1) is 25.7 Å². The van der Waals surface area contributed by atoms with Crippen LogP contribution in [-0.4, -0.2) is 34.1 Å². The van der Waals surface area contributed by atoms with Crippen LogP contribution < -0.4 is 0 Å². The van der Waals surface area contributed by atoms with Gasteiger partial charge in [-0.1, -0.05) is 18.1 Å². The van der Waals surface area contributed by atoms with Gasteiger partial charge in [-0.2, -0.15) is 5.10 Å². The summed E-state index contributed by atoms with van der Waals surface area (Å²) < 4.78 is 3.74. The van der Waals surface area contributed by atoms with Crippen molar-refractivity contribution in [3.8, 4) is 28.9 Å². The summed E-state index contributed by atoms with van der Waals surface area (Å²) in [4.78, 5) is 16.9. The van der Waals surface area contributed by atoms with Crippen LogP contribution in [0.2, 0.25) is 0 Å². The molecule has 4 aromatic heterocycles. The van der Waals surface area contributed by atoms with E-state index in [0.29, 0.717) is 0 Å². The number of imidazole rings is 3. The monoisotopic (exact) mass is 429 g/mol. The van der Waals surface area contributed by atoms with E-state index in [1.807, 2.05) is 48.3 Å². The van der Waals surface area contributed by atoms with E-state index in [1.165, 1.54) is 0 Å². The lowest BCUT2D eigenvalue weighted by Gasteiger charge is -2.02. The Bertz CT molecular complexity index is 1710. The maximum atomic E-state index is 4.79. The zero-order chi connectivity index (χ0) is 22.4. The second-order valence-corrected chi connectivity index (χ2v) is 7.93. The molecule has 0 fully saturated rings. The SMILES string of the molecule is Cc1cn(-c2ccc3nc(-c4ccc(C)c(C#Cc5cnc6cccnn56)c4)[nH]c3c2)cn1. The molecule has 4 heterocycles. The standard InChI is InChI=1S/C26H19N7/c1-17-5-6-20(12-19(17)7-8-22-14-27-25-4-3-11-29-33(22)25)26-30-23-10-9-21(13-24(23)31-26)32-15-18(2)28-16-32/h3-6,9-16H,1-2H3,(H,30,31). The first-order chi connectivity index (χ1) is 16.1. The molecule has 0 atom stereocenters. The maximum absolute atomic E-state index is 4.79. The summed E-state index contributed by atoms with van der Waals surface area (Å²) in [5.41, 5.74) is 8.45. The first kappa shape index (κ1) is 19.0. The van der Waals surface area contributed by atoms with Crippen LogP contribution in [0.25, 0.3) is 33.8 Å². The highest BCUT2D eigenvalue weighted by Crippen LogP contribution is 2.24. The summed E-state index contributed by atoms with van der Waals surface area (Å²) >= 11 is 0. The number of benzene rings is 2. The van der Waals surface area contributed by atoms with Gasteiger partial charge in [-0.05, 0) is 61.7 Å². The minimum Gasteiger partial charge on any atom is -0.338 e. The molecule has 0 amide bonds. The third-order valence-electron chi connectivity index (χ3n) is 5.59. The third kappa shape index (κ3) is 3.44. The summed E-state index contributed by atoms with van der Waals surface area (Å²) in [5, 5.41) is 4.33. The smallest absolute Gasteiger partial charge is 0.154 e. The lowest BCUT2D eigenvalue weighted by atomic mass is 10.0. The lowest BCUT2D eigenvalue weighted by Crippen LogP contribution is -1.92. The van der Waals surface area contributed by atoms with Crippen molar-refractivity contribution in [2.24, 2.45) is 0 Å². The Balaban J connectivity index is 1.37. The summed E-state index contributed by atoms with van der Waals surface area (Å²) in [6, 6.07) is 16.1. The number of hydrogen-bond donors (Lipinski definition) is 1. The number of aryl methyl sites for hydroxylation is 2. The average molecular weight is 429 g/mol. The molecule has 7 nitrogen and oxygen atoms in total. The second kappa shape index (κ2) is 7.46. The van der Waals surface area contributed by atoms with Gasteiger partial charge in [0, 0.05) is 29.2 Å². The quantitative estimate of drug-likeness (QED) is 0.412. The molecule has 0 saturated heterocycles. The van der Waals surface area contributed by atoms with Gasteiger partial charge in [0.1, 0.15) is 11.5 Å². The number of aromatic nitrogens is 7. The number of nitrogens with zero attached hydrogens (tertiary/aromatic N) is 6. The Labute approximate surface area is 189 Å². The van der Waals surface area contributed by atoms with E-state index < -0.39 is 0 Å². The molecule has 0 radical (unpaired) electrons. The van der Waals surface area contributed by atoms with Crippen molar-refractivity contribution >= 4 is 16.7 Å². The number of H-pyrrole nitrogens is 1. The topological polar surface area (TPSA) is 76.7 Å². The molecule has 6 rings (SSSR count). The molecule has 0 unspecified atom stereocenters. The fourth-order valence-corrected chi connectivity index (χ4v) is 3.81. The van der Waals surface area contributed by atoms with E-state index in [-0.39, 0.29) is 0 Å². The van der Waals surface area contributed by atoms with Crippen molar-refractivity contribution < 1.29 is 0 Å². The molecular weight excluding hydrogens is 410 g/mol. The molecule has 6 aromatic rings. The van der Waals surface area contributed by atoms with E-state index in [2.05, 4.69) is 63.1 Å². The number of rotatable bonds is 2. The van der Waals surface area contributed by atoms with Crippen molar-refractivity contribution in [3.05, 3.63) is 96.0 Å². The van der Waals surface area contributed by atoms with Gasteiger partial charge in [-0.3, -0.25) is 0 Å². The molecular formula is C26H19N7. The highest BCUT2D eigenvalue weighted by molar-refractivity contribution is 5.81. The number of fused-ring (bicyclic) bond motifs is 2. The highest BCUT2D eigenvalue weighted by atomic mass is 15.2. The van der Waals surface area contributed by atoms with E-state index in [0.717, 1.165) is 56.3 Å². The van der Waals surface area contributed by atoms with Crippen LogP contribution in [0.1, 0.15) is 22.5 Å². The minimum absolute atomic E-state index is 0.751. The minimum atomic E-state index is 0.751. The number of nitrogens with one attached hydrogen (secondary N) is 1. The van der Waals surface area contributed by atoms with Gasteiger partial charge in [-0.25, -0.2) is 19.5 Å². The predicted molar refractivity (Wildman–Crippen MR) is 127 cm³/mol. The fraction of sp³-hybridized carbons (Fsp3) is 0.0769. The van der Waals surface area contributed by atoms with Crippen LogP contribution >= 0.6 is 0 Å². The summed E-state index contributed by atoms with van der Waals surface area (Å²) in [6.07, 6.45) is 7.29. The van der Waals surface area contributed by atoms with E-state index in [1.54, 1.807) is 16.9 Å². The van der Waals surface area contributed by atoms with Crippen LogP contribution in [0.3, 0.4) is 0 Å². The Kier molecular flexibility index (Phi) is 4.30. The van der Waals surface area contributed by atoms with Crippen molar-refractivity contribution in [3.63, 3.8) is 0 Å². The summed E-state index contributed by atoms with van der Waals surface area (Å²) in [5.74, 6) is 7.30. The Hall–Kier alpha value is -4.70. The first-order valence-electron chi connectivity index (χ1n) is 10.6. The molecule has 0 aliphatic carbocycles. The molecule has 0 spiro atoms. The zero-order valence-corrected chi connectivity index (χ0v) is 18.1. The molecule has 0 bridgehead atoms. The van der Waals surface area contributed by atoms with Crippen molar-refractivity contribution in [2.45, 2.75) is 13.8 Å². The predicted octanol–water partition coefficient (Wildman–Crippen LogP) is 4.47. The molecule has 0 aliphatic heterocycles. The van der Waals surface area contributed by atoms with Crippen molar-refractivity contribution in [2.75, 3.05) is 0 Å². The first-order valence-corrected chi connectivity index (χ1v) is 10.6. The highest BCUT2D eigenvalue weighted by Gasteiger charge is 2.09. The average Bonchev–Trinajstić information content (AvgIpc) is 3.56. The Morgan fingerprint density at radius 1 is 0.970 bits per heavy atom. The zero-order valence-electron chi connectivity index (χ0n) is 18.1. The van der Waals surface area contributed by atoms with Gasteiger partial charge in [0.25, 0.3) is 0 Å². The van der Waals surface area contributed by atoms with Gasteiger partial charge in [-0.15, -0.1) is 0 Å². The Morgan fingerprint density at radius 3 is 2.79 bits per heavy atom. The van der Waals surface area contributed by atoms with Gasteiger partial charge in [0.05, 0.1) is 29.3 Å². The van der Waals surface area contributed by atoms with Gasteiger partial charge in [0.2, 0.25) is 0 Å². The van der Waals surface area contributed by atoms with Gasteiger partial charge >= 0.3 is 0 Å². The Morgan fingerprint density at radius 2 is 1.91 bits per heavy atom. The van der Waals surface area contributed by atoms with E-state index >= 15 is 0 Å². The molecule has 7 heteroatoms. The fourth-order valence-electron chi connectivity index (χ4n) is 3.81. The molecule has 0 aliphatic rings. The lowest BCUT2D eigenvalue weighted by molar-refractivity contribution is 0.923. The van der Waals surface area contributed by atoms with Crippen LogP contribution in [0.15, 0.2) is 73.4 Å². The number of aromatic amines is 1. The largest absolute Gasteiger partial charge is 0.338 e. The van der Waals surface area contributed by atoms with E-state index in [4.69, 9.17) is 4.98 Å². The van der Waals surface area contributed by atoms with Crippen LogP contribution in [0.4, 0.5) is 0 Å². The summed E-state index contributed by atoms with van der Waals surface area (Å²) in [7, 11) is 0. The van der Waals surface area contributed by atoms with Gasteiger partial charge < -0.3 is 9.55 Å². The molecule has 1 N–H and O–H groups in total. The number of hydrogen-bond acceptors (Lipinski definition) is 4. The van der Waals surface area contributed by atoms with Crippen LogP contribution in [-0.2, 0) is 0 Å². The molecule has 158 valence electrons. The normalized spacial score (nSPS) is 11.1. The second-order valence-electron chi connectivity index (χ2n) is 7.93. The van der Waals surface area contributed by atoms with Crippen molar-refractivity contribution in [1.29, 1.82) is 0 Å². The molecule has 33 heavy (non-hydrogen) atoms. The van der Waals surface area contributed by atoms with E-state index in [9.17, 15) is 0 Å². The molecule has 2 aromatic carbocycles. The van der Waals surface area contributed by atoms with Crippen LogP contribution in [0.5, 0.6) is 0 Å². The maximum Gasteiger partial charge on any atom is 0.154 e. The third-order valence-corrected chi connectivity index (χ3v) is 5.59. The van der Waals surface area contributed by atoms with Gasteiger partial charge in [0.15, 0.2) is 5.65 Å². The van der Waals surface area contributed by atoms with Crippen molar-refractivity contribution in [1.82, 2.24) is 34.1 Å². The summed E-state index contributed by atoms with van der Waals surface area (Å²) in [6.45, 7) is 4.03. The molecule has 0 saturated carbocycles.